The zero-order valence-corrected chi connectivity index (χ0v) is 35.5. The minimum atomic E-state index is -1.70. The molecule has 1 aliphatic carbocycles. The molecule has 0 unspecified atom stereocenters. The molecule has 6 atom stereocenters. The molecular weight excluding hydrogens is 805 g/mol. The van der Waals surface area contributed by atoms with Crippen molar-refractivity contribution in [1.82, 2.24) is 4.90 Å². The van der Waals surface area contributed by atoms with Gasteiger partial charge in [-0.25, -0.2) is 0 Å². The summed E-state index contributed by atoms with van der Waals surface area (Å²) in [7, 11) is 0. The second-order valence-corrected chi connectivity index (χ2v) is 17.0. The molecule has 2 amide bonds. The number of aliphatic hydroxyl groups excluding tert-OH is 1. The quantitative estimate of drug-likeness (QED) is 0.101. The second-order valence-electron chi connectivity index (χ2n) is 17.0. The molecule has 0 radical (unpaired) electrons. The SMILES string of the molecule is O=C1O[C@H](c2ccccc2)[C@H](c2ccccc2)N2[C@H]1[C@@H](C(=O)Nc1ccc(N3CCOCC3)cc1)[C@]1(C(=O)Nc3ccc(C#CC4=CCCCC4)cc31)[C@H]2c1cccc(OCCO)c1. The number of hydrogen-bond donors (Lipinski definition) is 3. The van der Waals surface area contributed by atoms with E-state index in [0.29, 0.717) is 47.0 Å². The first-order valence-electron chi connectivity index (χ1n) is 22.3. The molecular formula is C53H50N4O7. The third kappa shape index (κ3) is 7.51. The van der Waals surface area contributed by atoms with Crippen molar-refractivity contribution >= 4 is 34.8 Å². The van der Waals surface area contributed by atoms with E-state index in [2.05, 4.69) is 38.4 Å². The Morgan fingerprint density at radius 2 is 1.58 bits per heavy atom. The summed E-state index contributed by atoms with van der Waals surface area (Å²) in [5, 5.41) is 16.1. The van der Waals surface area contributed by atoms with Gasteiger partial charge in [0.1, 0.15) is 29.9 Å². The van der Waals surface area contributed by atoms with Crippen molar-refractivity contribution in [3.05, 3.63) is 167 Å². The first-order valence-corrected chi connectivity index (χ1v) is 22.3. The highest BCUT2D eigenvalue weighted by Gasteiger charge is 2.74. The van der Waals surface area contributed by atoms with Crippen LogP contribution in [0.15, 0.2) is 139 Å². The maximum atomic E-state index is 15.7. The van der Waals surface area contributed by atoms with E-state index in [0.717, 1.165) is 61.2 Å². The summed E-state index contributed by atoms with van der Waals surface area (Å²) in [6.45, 7) is 2.65. The van der Waals surface area contributed by atoms with Crippen LogP contribution in [0.1, 0.15) is 71.7 Å². The van der Waals surface area contributed by atoms with Gasteiger partial charge >= 0.3 is 5.97 Å². The van der Waals surface area contributed by atoms with Gasteiger partial charge in [-0.1, -0.05) is 90.7 Å². The van der Waals surface area contributed by atoms with Crippen LogP contribution in [0.4, 0.5) is 17.1 Å². The molecule has 1 spiro atoms. The molecule has 324 valence electrons. The third-order valence-corrected chi connectivity index (χ3v) is 13.3. The minimum Gasteiger partial charge on any atom is -0.491 e. The van der Waals surface area contributed by atoms with Gasteiger partial charge in [0, 0.05) is 35.7 Å². The smallest absolute Gasteiger partial charge is 0.324 e. The largest absolute Gasteiger partial charge is 0.491 e. The number of esters is 1. The maximum Gasteiger partial charge on any atom is 0.324 e. The Kier molecular flexibility index (Phi) is 11.5. The van der Waals surface area contributed by atoms with E-state index in [9.17, 15) is 5.11 Å². The van der Waals surface area contributed by atoms with Crippen molar-refractivity contribution in [2.45, 2.75) is 55.3 Å². The standard InChI is InChI=1S/C53H50N4O7/c58-29-32-63-42-18-10-17-39(34-42)49-53(43-33-36(21-26-44(43)55-52(53)61)20-19-35-11-4-1-5-12-35)45(50(59)54-40-22-24-41(25-23-40)56-27-30-62-31-28-56)47-51(60)64-48(38-15-8-3-9-16-38)46(57(47)49)37-13-6-2-7-14-37/h2-3,6-11,13-18,21-26,33-34,45-49,58H,1,4-5,12,27-32H2,(H,54,59)(H,55,61)/t45-,46-,47-,48+,49+,53-/m0/s1. The number of ether oxygens (including phenoxy) is 3. The molecule has 3 N–H and O–H groups in total. The number of allylic oxidation sites excluding steroid dienone is 2. The number of carbonyl (C=O) groups excluding carboxylic acids is 3. The number of morpholine rings is 2. The molecule has 0 saturated carbocycles. The molecule has 0 bridgehead atoms. The number of nitrogens with one attached hydrogen (secondary N) is 2. The predicted molar refractivity (Wildman–Crippen MR) is 244 cm³/mol. The molecule has 10 rings (SSSR count). The molecule has 0 aromatic heterocycles. The van der Waals surface area contributed by atoms with Crippen LogP contribution >= 0.6 is 0 Å². The van der Waals surface area contributed by atoms with E-state index in [-0.39, 0.29) is 13.2 Å². The topological polar surface area (TPSA) is 130 Å². The Labute approximate surface area is 373 Å². The summed E-state index contributed by atoms with van der Waals surface area (Å²) < 4.78 is 18.2. The number of nitrogens with zero attached hydrogens (tertiary/aromatic N) is 2. The van der Waals surface area contributed by atoms with Crippen molar-refractivity contribution in [3.63, 3.8) is 0 Å². The molecule has 64 heavy (non-hydrogen) atoms. The van der Waals surface area contributed by atoms with E-state index >= 15 is 14.4 Å². The Morgan fingerprint density at radius 1 is 0.828 bits per heavy atom. The van der Waals surface area contributed by atoms with Crippen LogP contribution in [0, 0.1) is 17.8 Å². The molecule has 3 saturated heterocycles. The lowest BCUT2D eigenvalue weighted by atomic mass is 9.65. The number of cyclic esters (lactones) is 1. The van der Waals surface area contributed by atoms with E-state index < -0.39 is 53.3 Å². The van der Waals surface area contributed by atoms with Gasteiger partial charge in [0.05, 0.1) is 37.8 Å². The van der Waals surface area contributed by atoms with E-state index in [1.54, 1.807) is 6.07 Å². The van der Waals surface area contributed by atoms with Crippen LogP contribution in [-0.2, 0) is 29.3 Å². The highest BCUT2D eigenvalue weighted by molar-refractivity contribution is 6.13. The van der Waals surface area contributed by atoms with Gasteiger partial charge in [0.15, 0.2) is 0 Å². The van der Waals surface area contributed by atoms with Crippen molar-refractivity contribution in [2.24, 2.45) is 5.92 Å². The highest BCUT2D eigenvalue weighted by Crippen LogP contribution is 2.65. The Bertz CT molecular complexity index is 2640. The normalized spacial score (nSPS) is 25.0. The molecule has 5 aromatic rings. The van der Waals surface area contributed by atoms with Gasteiger partial charge in [0.2, 0.25) is 11.8 Å². The van der Waals surface area contributed by atoms with Gasteiger partial charge in [-0.2, -0.15) is 0 Å². The molecule has 5 aliphatic rings. The summed E-state index contributed by atoms with van der Waals surface area (Å²) in [6.07, 6.45) is 5.52. The summed E-state index contributed by atoms with van der Waals surface area (Å²) in [5.74, 6) is 4.41. The fraction of sp³-hybridized carbons (Fsp3) is 0.302. The number of amides is 2. The molecule has 3 fully saturated rings. The molecule has 4 heterocycles. The van der Waals surface area contributed by atoms with Gasteiger partial charge in [-0.3, -0.25) is 19.3 Å². The fourth-order valence-corrected chi connectivity index (χ4v) is 10.5. The van der Waals surface area contributed by atoms with Crippen LogP contribution in [0.3, 0.4) is 0 Å². The van der Waals surface area contributed by atoms with Crippen LogP contribution in [-0.4, -0.2) is 73.3 Å². The van der Waals surface area contributed by atoms with Crippen molar-refractivity contribution < 1.29 is 33.7 Å². The summed E-state index contributed by atoms with van der Waals surface area (Å²) in [5.41, 5.74) is 4.99. The maximum absolute atomic E-state index is 15.7. The number of hydrogen-bond acceptors (Lipinski definition) is 9. The predicted octanol–water partition coefficient (Wildman–Crippen LogP) is 7.66. The van der Waals surface area contributed by atoms with Crippen LogP contribution < -0.4 is 20.3 Å². The lowest BCUT2D eigenvalue weighted by Gasteiger charge is -2.46. The van der Waals surface area contributed by atoms with Crippen molar-refractivity contribution in [2.75, 3.05) is 55.1 Å². The first-order chi connectivity index (χ1) is 31.4. The van der Waals surface area contributed by atoms with E-state index in [4.69, 9.17) is 14.2 Å². The lowest BCUT2D eigenvalue weighted by Crippen LogP contribution is -2.53. The van der Waals surface area contributed by atoms with E-state index in [1.807, 2.05) is 121 Å². The second kappa shape index (κ2) is 17.8. The fourth-order valence-electron chi connectivity index (χ4n) is 10.5. The number of benzene rings is 5. The number of anilines is 3. The zero-order valence-electron chi connectivity index (χ0n) is 35.5. The summed E-state index contributed by atoms with van der Waals surface area (Å²) in [4.78, 5) is 50.9. The average molecular weight is 855 g/mol. The number of aliphatic hydroxyl groups is 1. The van der Waals surface area contributed by atoms with Crippen molar-refractivity contribution in [3.8, 4) is 17.6 Å². The highest BCUT2D eigenvalue weighted by atomic mass is 16.6. The average Bonchev–Trinajstić information content (AvgIpc) is 3.82. The molecule has 4 aliphatic heterocycles. The first kappa shape index (κ1) is 41.3. The number of fused-ring (bicyclic) bond motifs is 3. The van der Waals surface area contributed by atoms with Gasteiger partial charge in [-0.05, 0) is 108 Å². The number of carbonyl (C=O) groups is 3. The van der Waals surface area contributed by atoms with Gasteiger partial charge in [0.25, 0.3) is 0 Å². The van der Waals surface area contributed by atoms with Crippen molar-refractivity contribution in [1.29, 1.82) is 0 Å². The molecule has 5 aromatic carbocycles. The van der Waals surface area contributed by atoms with Crippen LogP contribution in [0.2, 0.25) is 0 Å². The summed E-state index contributed by atoms with van der Waals surface area (Å²) in [6, 6.07) is 37.4. The third-order valence-electron chi connectivity index (χ3n) is 13.3. The van der Waals surface area contributed by atoms with E-state index in [1.165, 1.54) is 0 Å². The zero-order chi connectivity index (χ0) is 43.6. The minimum absolute atomic E-state index is 0.0534. The van der Waals surface area contributed by atoms with Crippen LogP contribution in [0.25, 0.3) is 0 Å². The number of rotatable bonds is 9. The van der Waals surface area contributed by atoms with Crippen LogP contribution in [0.5, 0.6) is 5.75 Å². The Balaban J connectivity index is 1.19. The lowest BCUT2D eigenvalue weighted by molar-refractivity contribution is -0.177. The monoisotopic (exact) mass is 854 g/mol. The Morgan fingerprint density at radius 3 is 2.31 bits per heavy atom. The summed E-state index contributed by atoms with van der Waals surface area (Å²) >= 11 is 0. The molecule has 11 heteroatoms. The molecule has 11 nitrogen and oxygen atoms in total. The van der Waals surface area contributed by atoms with Gasteiger partial charge < -0.3 is 34.9 Å². The van der Waals surface area contributed by atoms with Gasteiger partial charge in [-0.15, -0.1) is 0 Å². The Hall–Kier alpha value is -6.71.